The van der Waals surface area contributed by atoms with Gasteiger partial charge in [-0.05, 0) is 69.0 Å². The molecule has 2 aromatic carbocycles. The number of carbonyl (C=O) groups excluding carboxylic acids is 1. The van der Waals surface area contributed by atoms with Gasteiger partial charge in [-0.15, -0.1) is 0 Å². The average Bonchev–Trinajstić information content (AvgIpc) is 2.70. The van der Waals surface area contributed by atoms with Crippen LogP contribution < -0.4 is 14.4 Å². The van der Waals surface area contributed by atoms with Crippen molar-refractivity contribution in [3.05, 3.63) is 59.2 Å². The lowest BCUT2D eigenvalue weighted by Gasteiger charge is -2.31. The number of anilines is 1. The summed E-state index contributed by atoms with van der Waals surface area (Å²) in [7, 11) is -3.69. The average molecular weight is 447 g/mol. The van der Waals surface area contributed by atoms with Crippen LogP contribution >= 0.6 is 0 Å². The van der Waals surface area contributed by atoms with Crippen molar-refractivity contribution < 1.29 is 17.9 Å². The van der Waals surface area contributed by atoms with Gasteiger partial charge in [-0.3, -0.25) is 9.10 Å². The fourth-order valence-corrected chi connectivity index (χ4v) is 5.01. The summed E-state index contributed by atoms with van der Waals surface area (Å²) in [6.45, 7) is 10.3. The molecule has 2 aromatic rings. The van der Waals surface area contributed by atoms with Crippen molar-refractivity contribution in [1.82, 2.24) is 5.32 Å². The third kappa shape index (κ3) is 6.23. The van der Waals surface area contributed by atoms with Crippen molar-refractivity contribution in [2.24, 2.45) is 0 Å². The van der Waals surface area contributed by atoms with Gasteiger partial charge in [0, 0.05) is 0 Å². The van der Waals surface area contributed by atoms with Crippen LogP contribution in [0.25, 0.3) is 0 Å². The highest BCUT2D eigenvalue weighted by Gasteiger charge is 2.32. The Bertz CT molecular complexity index is 987. The summed E-state index contributed by atoms with van der Waals surface area (Å²) in [5, 5.41) is 3.08. The maximum atomic E-state index is 13.3. The first-order chi connectivity index (χ1) is 14.6. The first kappa shape index (κ1) is 24.7. The van der Waals surface area contributed by atoms with E-state index in [1.54, 1.807) is 24.3 Å². The summed E-state index contributed by atoms with van der Waals surface area (Å²) in [4.78, 5) is 13.3. The molecule has 0 aliphatic carbocycles. The summed E-state index contributed by atoms with van der Waals surface area (Å²) in [6.07, 6.45) is 2.17. The third-order valence-electron chi connectivity index (χ3n) is 5.26. The van der Waals surface area contributed by atoms with Gasteiger partial charge in [0.2, 0.25) is 15.9 Å². The number of ether oxygens (including phenoxy) is 1. The summed E-state index contributed by atoms with van der Waals surface area (Å²) >= 11 is 0. The Hall–Kier alpha value is -2.54. The zero-order valence-corrected chi connectivity index (χ0v) is 20.1. The normalized spacial score (nSPS) is 13.4. The minimum Gasteiger partial charge on any atom is -0.494 e. The zero-order valence-electron chi connectivity index (χ0n) is 19.3. The number of carbonyl (C=O) groups is 1. The SMILES string of the molecule is CCOc1ccc(N([C@H](CC)C(=O)N[C@H](CC)c2ccc(C)cc2C)S(C)(=O)=O)cc1. The molecular weight excluding hydrogens is 412 g/mol. The van der Waals surface area contributed by atoms with Crippen molar-refractivity contribution in [3.63, 3.8) is 0 Å². The smallest absolute Gasteiger partial charge is 0.244 e. The van der Waals surface area contributed by atoms with Crippen molar-refractivity contribution in [3.8, 4) is 5.75 Å². The fourth-order valence-electron chi connectivity index (χ4n) is 3.80. The number of benzene rings is 2. The maximum Gasteiger partial charge on any atom is 0.244 e. The van der Waals surface area contributed by atoms with E-state index in [9.17, 15) is 13.2 Å². The number of aryl methyl sites for hydroxylation is 2. The van der Waals surface area contributed by atoms with E-state index in [0.29, 0.717) is 30.9 Å². The number of nitrogens with one attached hydrogen (secondary N) is 1. The lowest BCUT2D eigenvalue weighted by molar-refractivity contribution is -0.123. The predicted octanol–water partition coefficient (Wildman–Crippen LogP) is 4.51. The molecule has 0 saturated heterocycles. The van der Waals surface area contributed by atoms with Crippen LogP contribution in [0.15, 0.2) is 42.5 Å². The molecule has 2 atom stereocenters. The van der Waals surface area contributed by atoms with Gasteiger partial charge in [0.1, 0.15) is 11.8 Å². The van der Waals surface area contributed by atoms with Gasteiger partial charge < -0.3 is 10.1 Å². The van der Waals surface area contributed by atoms with E-state index in [4.69, 9.17) is 4.74 Å². The monoisotopic (exact) mass is 446 g/mol. The van der Waals surface area contributed by atoms with Crippen LogP contribution in [-0.2, 0) is 14.8 Å². The molecule has 1 N–H and O–H groups in total. The molecule has 2 rings (SSSR count). The molecule has 6 nitrogen and oxygen atoms in total. The second-order valence-electron chi connectivity index (χ2n) is 7.74. The lowest BCUT2D eigenvalue weighted by atomic mass is 9.97. The molecular formula is C24H34N2O4S. The van der Waals surface area contributed by atoms with E-state index >= 15 is 0 Å². The summed E-state index contributed by atoms with van der Waals surface area (Å²) in [6, 6.07) is 11.9. The van der Waals surface area contributed by atoms with Crippen LogP contribution in [0.3, 0.4) is 0 Å². The highest BCUT2D eigenvalue weighted by atomic mass is 32.2. The van der Waals surface area contributed by atoms with Crippen LogP contribution in [0.2, 0.25) is 0 Å². The van der Waals surface area contributed by atoms with Crippen LogP contribution in [0.5, 0.6) is 5.75 Å². The number of sulfonamides is 1. The molecule has 0 saturated carbocycles. The second kappa shape index (κ2) is 10.7. The van der Waals surface area contributed by atoms with Gasteiger partial charge >= 0.3 is 0 Å². The molecule has 0 unspecified atom stereocenters. The van der Waals surface area contributed by atoms with Crippen molar-refractivity contribution in [2.45, 2.75) is 59.5 Å². The minimum absolute atomic E-state index is 0.191. The number of rotatable bonds is 10. The maximum absolute atomic E-state index is 13.3. The van der Waals surface area contributed by atoms with E-state index in [2.05, 4.69) is 11.4 Å². The van der Waals surface area contributed by atoms with Crippen molar-refractivity contribution in [2.75, 3.05) is 17.2 Å². The molecule has 170 valence electrons. The Labute approximate surface area is 186 Å². The molecule has 0 aliphatic heterocycles. The largest absolute Gasteiger partial charge is 0.494 e. The van der Waals surface area contributed by atoms with Gasteiger partial charge in [0.25, 0.3) is 0 Å². The third-order valence-corrected chi connectivity index (χ3v) is 6.44. The molecule has 31 heavy (non-hydrogen) atoms. The Morgan fingerprint density at radius 2 is 1.68 bits per heavy atom. The molecule has 0 aliphatic rings. The van der Waals surface area contributed by atoms with Crippen LogP contribution in [0, 0.1) is 13.8 Å². The van der Waals surface area contributed by atoms with Crippen LogP contribution in [0.1, 0.15) is 56.3 Å². The number of hydrogen-bond donors (Lipinski definition) is 1. The molecule has 1 amide bonds. The first-order valence-corrected chi connectivity index (χ1v) is 12.6. The summed E-state index contributed by atoms with van der Waals surface area (Å²) in [5.74, 6) is 0.340. The lowest BCUT2D eigenvalue weighted by Crippen LogP contribution is -2.50. The topological polar surface area (TPSA) is 75.7 Å². The molecule has 0 spiro atoms. The van der Waals surface area contributed by atoms with E-state index in [1.807, 2.05) is 46.8 Å². The Morgan fingerprint density at radius 1 is 1.03 bits per heavy atom. The van der Waals surface area contributed by atoms with Gasteiger partial charge in [0.05, 0.1) is 24.6 Å². The van der Waals surface area contributed by atoms with Gasteiger partial charge in [-0.1, -0.05) is 37.6 Å². The van der Waals surface area contributed by atoms with E-state index < -0.39 is 16.1 Å². The van der Waals surface area contributed by atoms with E-state index in [1.165, 1.54) is 4.31 Å². The zero-order chi connectivity index (χ0) is 23.2. The van der Waals surface area contributed by atoms with Crippen LogP contribution in [0.4, 0.5) is 5.69 Å². The first-order valence-electron chi connectivity index (χ1n) is 10.7. The standard InChI is InChI=1S/C24H34N2O4S/c1-7-22(21-15-10-17(4)16-18(21)5)25-24(27)23(8-2)26(31(6,28)29)19-11-13-20(14-12-19)30-9-3/h10-16,22-23H,7-9H2,1-6H3,(H,25,27)/t22-,23-/m1/s1. The van der Waals surface area contributed by atoms with Gasteiger partial charge in [-0.2, -0.15) is 0 Å². The Morgan fingerprint density at radius 3 is 2.16 bits per heavy atom. The number of nitrogens with zero attached hydrogens (tertiary/aromatic N) is 1. The Balaban J connectivity index is 2.35. The van der Waals surface area contributed by atoms with E-state index in [-0.39, 0.29) is 11.9 Å². The van der Waals surface area contributed by atoms with E-state index in [0.717, 1.165) is 22.9 Å². The van der Waals surface area contributed by atoms with Gasteiger partial charge in [-0.25, -0.2) is 8.42 Å². The summed E-state index contributed by atoms with van der Waals surface area (Å²) < 4.78 is 32.0. The molecule has 0 radical (unpaired) electrons. The summed E-state index contributed by atoms with van der Waals surface area (Å²) in [5.41, 5.74) is 3.75. The molecule has 0 fully saturated rings. The molecule has 0 aromatic heterocycles. The molecule has 0 heterocycles. The minimum atomic E-state index is -3.69. The molecule has 0 bridgehead atoms. The second-order valence-corrected chi connectivity index (χ2v) is 9.60. The van der Waals surface area contributed by atoms with Crippen molar-refractivity contribution in [1.29, 1.82) is 0 Å². The quantitative estimate of drug-likeness (QED) is 0.582. The van der Waals surface area contributed by atoms with Crippen molar-refractivity contribution >= 4 is 21.6 Å². The Kier molecular flexibility index (Phi) is 8.51. The highest BCUT2D eigenvalue weighted by Crippen LogP contribution is 2.27. The van der Waals surface area contributed by atoms with Crippen LogP contribution in [-0.4, -0.2) is 33.2 Å². The predicted molar refractivity (Wildman–Crippen MR) is 126 cm³/mol. The number of hydrogen-bond acceptors (Lipinski definition) is 4. The fraction of sp³-hybridized carbons (Fsp3) is 0.458. The van der Waals surface area contributed by atoms with Gasteiger partial charge in [0.15, 0.2) is 0 Å². The molecule has 7 heteroatoms. The highest BCUT2D eigenvalue weighted by molar-refractivity contribution is 7.92. The number of amides is 1.